The molecule has 4 rings (SSSR count). The van der Waals surface area contributed by atoms with E-state index in [4.69, 9.17) is 4.74 Å². The van der Waals surface area contributed by atoms with Gasteiger partial charge in [0.15, 0.2) is 0 Å². The fraction of sp³-hybridized carbons (Fsp3) is 0.333. The van der Waals surface area contributed by atoms with E-state index in [0.29, 0.717) is 18.3 Å². The second-order valence-electron chi connectivity index (χ2n) is 7.63. The number of hydrogen-bond donors (Lipinski definition) is 0. The number of imidazole rings is 1. The Bertz CT molecular complexity index is 1130. The third-order valence-corrected chi connectivity index (χ3v) is 5.30. The van der Waals surface area contributed by atoms with E-state index >= 15 is 0 Å². The van der Waals surface area contributed by atoms with Gasteiger partial charge in [-0.1, -0.05) is 24.0 Å². The maximum absolute atomic E-state index is 12.8. The highest BCUT2D eigenvalue weighted by molar-refractivity contribution is 5.38. The van der Waals surface area contributed by atoms with Gasteiger partial charge in [-0.05, 0) is 50.5 Å². The molecule has 1 fully saturated rings. The molecule has 1 aromatic carbocycles. The van der Waals surface area contributed by atoms with E-state index < -0.39 is 0 Å². The average molecular weight is 387 g/mol. The van der Waals surface area contributed by atoms with Crippen LogP contribution in [0.3, 0.4) is 0 Å². The zero-order chi connectivity index (χ0) is 20.4. The van der Waals surface area contributed by atoms with Crippen LogP contribution >= 0.6 is 0 Å². The van der Waals surface area contributed by atoms with Crippen LogP contribution in [0.5, 0.6) is 5.75 Å². The molecule has 1 atom stereocenters. The monoisotopic (exact) mass is 387 g/mol. The molecule has 0 amide bonds. The van der Waals surface area contributed by atoms with Crippen molar-refractivity contribution in [2.45, 2.75) is 39.3 Å². The van der Waals surface area contributed by atoms with Gasteiger partial charge in [0.1, 0.15) is 18.2 Å². The number of benzene rings is 1. The third-order valence-electron chi connectivity index (χ3n) is 5.30. The summed E-state index contributed by atoms with van der Waals surface area (Å²) in [6, 6.07) is 11.5. The van der Waals surface area contributed by atoms with Crippen LogP contribution in [-0.4, -0.2) is 14.1 Å². The number of aromatic nitrogens is 3. The van der Waals surface area contributed by atoms with Crippen molar-refractivity contribution in [3.63, 3.8) is 0 Å². The Hall–Kier alpha value is -3.26. The maximum atomic E-state index is 12.8. The second-order valence-corrected chi connectivity index (χ2v) is 7.63. The molecule has 1 saturated carbocycles. The largest absolute Gasteiger partial charge is 0.485 e. The van der Waals surface area contributed by atoms with Crippen molar-refractivity contribution in [1.29, 1.82) is 0 Å². The van der Waals surface area contributed by atoms with Crippen molar-refractivity contribution in [1.82, 2.24) is 14.1 Å². The predicted molar refractivity (Wildman–Crippen MR) is 113 cm³/mol. The summed E-state index contributed by atoms with van der Waals surface area (Å²) in [6.07, 6.45) is 6.05. The molecule has 0 unspecified atom stereocenters. The Morgan fingerprint density at radius 3 is 2.62 bits per heavy atom. The summed E-state index contributed by atoms with van der Waals surface area (Å²) in [5.74, 6) is 8.47. The van der Waals surface area contributed by atoms with E-state index in [2.05, 4.69) is 29.0 Å². The van der Waals surface area contributed by atoms with Crippen molar-refractivity contribution in [3.8, 4) is 17.6 Å². The summed E-state index contributed by atoms with van der Waals surface area (Å²) >= 11 is 0. The minimum absolute atomic E-state index is 0.0727. The van der Waals surface area contributed by atoms with Gasteiger partial charge in [-0.2, -0.15) is 0 Å². The van der Waals surface area contributed by atoms with Crippen molar-refractivity contribution < 1.29 is 4.74 Å². The van der Waals surface area contributed by atoms with E-state index in [9.17, 15) is 4.79 Å². The van der Waals surface area contributed by atoms with Crippen molar-refractivity contribution in [2.24, 2.45) is 13.0 Å². The fourth-order valence-electron chi connectivity index (χ4n) is 3.35. The minimum Gasteiger partial charge on any atom is -0.485 e. The molecule has 0 radical (unpaired) electrons. The molecule has 3 aromatic rings. The molecule has 0 spiro atoms. The van der Waals surface area contributed by atoms with Gasteiger partial charge in [-0.3, -0.25) is 4.79 Å². The highest BCUT2D eigenvalue weighted by Gasteiger charge is 2.18. The topological polar surface area (TPSA) is 49.1 Å². The highest BCUT2D eigenvalue weighted by atomic mass is 16.5. The Balaban J connectivity index is 1.50. The van der Waals surface area contributed by atoms with Gasteiger partial charge in [-0.25, -0.2) is 4.98 Å². The van der Waals surface area contributed by atoms with Crippen LogP contribution < -0.4 is 10.3 Å². The van der Waals surface area contributed by atoms with Crippen molar-refractivity contribution in [2.75, 3.05) is 0 Å². The molecular formula is C24H25N3O2. The van der Waals surface area contributed by atoms with E-state index in [1.807, 2.05) is 49.9 Å². The molecule has 2 heterocycles. The van der Waals surface area contributed by atoms with E-state index in [-0.39, 0.29) is 11.6 Å². The van der Waals surface area contributed by atoms with Crippen LogP contribution in [-0.2, 0) is 13.7 Å². The Morgan fingerprint density at radius 2 is 2.00 bits per heavy atom. The van der Waals surface area contributed by atoms with Gasteiger partial charge in [0.25, 0.3) is 5.56 Å². The Labute approximate surface area is 171 Å². The number of rotatable bonds is 5. The SMILES string of the molecule is Cc1cc(OCc2nccn2C)cc(=O)n1[C@H](C)c1ccc(C#CC2CC2)cc1. The summed E-state index contributed by atoms with van der Waals surface area (Å²) in [5.41, 5.74) is 2.88. The van der Waals surface area contributed by atoms with Gasteiger partial charge in [0.2, 0.25) is 0 Å². The number of hydrogen-bond acceptors (Lipinski definition) is 3. The lowest BCUT2D eigenvalue weighted by Gasteiger charge is -2.19. The average Bonchev–Trinajstić information content (AvgIpc) is 3.45. The molecule has 148 valence electrons. The number of pyridine rings is 1. The number of nitrogens with zero attached hydrogens (tertiary/aromatic N) is 3. The molecule has 0 aliphatic heterocycles. The lowest BCUT2D eigenvalue weighted by molar-refractivity contribution is 0.290. The van der Waals surface area contributed by atoms with Crippen LogP contribution in [0.2, 0.25) is 0 Å². The number of ether oxygens (including phenoxy) is 1. The molecule has 2 aromatic heterocycles. The van der Waals surface area contributed by atoms with Crippen LogP contribution in [0.1, 0.15) is 48.5 Å². The second kappa shape index (κ2) is 8.00. The molecule has 5 nitrogen and oxygen atoms in total. The van der Waals surface area contributed by atoms with Crippen molar-refractivity contribution >= 4 is 0 Å². The first-order chi connectivity index (χ1) is 14.0. The molecule has 0 bridgehead atoms. The summed E-state index contributed by atoms with van der Waals surface area (Å²) in [7, 11) is 1.92. The van der Waals surface area contributed by atoms with Crippen LogP contribution in [0.15, 0.2) is 53.6 Å². The summed E-state index contributed by atoms with van der Waals surface area (Å²) < 4.78 is 9.48. The standard InChI is InChI=1S/C24H25N3O2/c1-17-14-22(29-16-23-25-12-13-26(23)3)15-24(28)27(17)18(2)21-10-8-20(9-11-21)7-6-19-4-5-19/h8-15,18-19H,4-5,16H2,1-3H3/t18-/m1/s1. The minimum atomic E-state index is -0.0788. The van der Waals surface area contributed by atoms with E-state index in [1.54, 1.807) is 16.8 Å². The Morgan fingerprint density at radius 1 is 1.24 bits per heavy atom. The normalized spacial score (nSPS) is 14.2. The maximum Gasteiger partial charge on any atom is 0.254 e. The van der Waals surface area contributed by atoms with Gasteiger partial charge in [0, 0.05) is 42.7 Å². The molecule has 0 saturated heterocycles. The van der Waals surface area contributed by atoms with Crippen LogP contribution in [0, 0.1) is 24.7 Å². The fourth-order valence-corrected chi connectivity index (χ4v) is 3.35. The van der Waals surface area contributed by atoms with Gasteiger partial charge in [0.05, 0.1) is 6.04 Å². The van der Waals surface area contributed by atoms with Gasteiger partial charge in [-0.15, -0.1) is 0 Å². The Kier molecular flexibility index (Phi) is 5.26. The summed E-state index contributed by atoms with van der Waals surface area (Å²) in [5, 5.41) is 0. The molecule has 29 heavy (non-hydrogen) atoms. The summed E-state index contributed by atoms with van der Waals surface area (Å²) in [6.45, 7) is 4.29. The number of aryl methyl sites for hydroxylation is 2. The molecule has 5 heteroatoms. The van der Waals surface area contributed by atoms with Crippen molar-refractivity contribution in [3.05, 3.63) is 81.8 Å². The molecular weight excluding hydrogens is 362 g/mol. The summed E-state index contributed by atoms with van der Waals surface area (Å²) in [4.78, 5) is 17.0. The molecule has 1 aliphatic rings. The lowest BCUT2D eigenvalue weighted by atomic mass is 10.1. The van der Waals surface area contributed by atoms with E-state index in [0.717, 1.165) is 22.6 Å². The van der Waals surface area contributed by atoms with Crippen LogP contribution in [0.25, 0.3) is 0 Å². The third kappa shape index (κ3) is 4.43. The van der Waals surface area contributed by atoms with E-state index in [1.165, 1.54) is 12.8 Å². The molecule has 1 aliphatic carbocycles. The van der Waals surface area contributed by atoms with Crippen LogP contribution in [0.4, 0.5) is 0 Å². The van der Waals surface area contributed by atoms with Gasteiger partial charge < -0.3 is 13.9 Å². The first kappa shape index (κ1) is 19.1. The zero-order valence-electron chi connectivity index (χ0n) is 17.1. The lowest BCUT2D eigenvalue weighted by Crippen LogP contribution is -2.25. The smallest absolute Gasteiger partial charge is 0.254 e. The van der Waals surface area contributed by atoms with Gasteiger partial charge >= 0.3 is 0 Å². The highest BCUT2D eigenvalue weighted by Crippen LogP contribution is 2.27. The predicted octanol–water partition coefficient (Wildman–Crippen LogP) is 3.84. The first-order valence-corrected chi connectivity index (χ1v) is 9.95. The zero-order valence-corrected chi connectivity index (χ0v) is 17.1. The first-order valence-electron chi connectivity index (χ1n) is 9.95. The molecule has 0 N–H and O–H groups in total. The quantitative estimate of drug-likeness (QED) is 0.625.